The molecule has 4 atom stereocenters. The predicted molar refractivity (Wildman–Crippen MR) is 118 cm³/mol. The maximum absolute atomic E-state index is 13.9. The summed E-state index contributed by atoms with van der Waals surface area (Å²) < 4.78 is 64.7. The molecule has 2 aliphatic heterocycles. The number of phenolic OH excluding ortho intramolecular Hbond substituents is 1. The standard InChI is InChI=1S/C20H21FN6O8S/c1-20(2)34-14-11(6-32-36(30,31)26-18(29)12-9(21)4-3-5-10(12)28)33-19(15(14)35-20)27-8-25-13-16(22)23-7-24-17(13)27/h3-5,7-8,11,14-15,19,28H,6H2,1-2H3,(H,26,29)(H2,22,23,24)/t11-,14-,15-,19-/m1/s1. The van der Waals surface area contributed by atoms with E-state index in [1.807, 2.05) is 0 Å². The van der Waals surface area contributed by atoms with Crippen LogP contribution in [0, 0.1) is 5.82 Å². The van der Waals surface area contributed by atoms with E-state index in [-0.39, 0.29) is 5.82 Å². The van der Waals surface area contributed by atoms with Crippen LogP contribution in [0.2, 0.25) is 0 Å². The second-order valence-corrected chi connectivity index (χ2v) is 9.86. The number of carbonyl (C=O) groups is 1. The highest BCUT2D eigenvalue weighted by atomic mass is 32.2. The second-order valence-electron chi connectivity index (χ2n) is 8.52. The van der Waals surface area contributed by atoms with Crippen molar-refractivity contribution < 1.29 is 41.1 Å². The number of hydrogen-bond acceptors (Lipinski definition) is 12. The van der Waals surface area contributed by atoms with Gasteiger partial charge in [0.2, 0.25) is 0 Å². The summed E-state index contributed by atoms with van der Waals surface area (Å²) >= 11 is 0. The Morgan fingerprint density at radius 2 is 2.03 bits per heavy atom. The number of nitrogen functional groups attached to an aromatic ring is 1. The van der Waals surface area contributed by atoms with Gasteiger partial charge < -0.3 is 25.1 Å². The highest BCUT2D eigenvalue weighted by Gasteiger charge is 2.56. The van der Waals surface area contributed by atoms with Gasteiger partial charge in [-0.15, -0.1) is 0 Å². The number of hydrogen-bond donors (Lipinski definition) is 3. The monoisotopic (exact) mass is 524 g/mol. The quantitative estimate of drug-likeness (QED) is 0.402. The zero-order valence-corrected chi connectivity index (χ0v) is 19.7. The van der Waals surface area contributed by atoms with Gasteiger partial charge in [-0.05, 0) is 26.0 Å². The van der Waals surface area contributed by atoms with E-state index in [2.05, 4.69) is 15.0 Å². The summed E-state index contributed by atoms with van der Waals surface area (Å²) in [5.74, 6) is -4.10. The third kappa shape index (κ3) is 4.33. The number of halogens is 1. The molecule has 192 valence electrons. The van der Waals surface area contributed by atoms with Crippen LogP contribution in [-0.4, -0.2) is 69.7 Å². The fourth-order valence-corrected chi connectivity index (χ4v) is 4.86. The first-order valence-electron chi connectivity index (χ1n) is 10.6. The topological polar surface area (TPSA) is 190 Å². The molecule has 1 amide bonds. The van der Waals surface area contributed by atoms with Crippen molar-refractivity contribution in [3.63, 3.8) is 0 Å². The molecule has 0 aliphatic carbocycles. The number of fused-ring (bicyclic) bond motifs is 2. The van der Waals surface area contributed by atoms with Gasteiger partial charge >= 0.3 is 10.3 Å². The highest BCUT2D eigenvalue weighted by Crippen LogP contribution is 2.44. The van der Waals surface area contributed by atoms with E-state index >= 15 is 0 Å². The van der Waals surface area contributed by atoms with E-state index < -0.39 is 70.3 Å². The highest BCUT2D eigenvalue weighted by molar-refractivity contribution is 7.85. The van der Waals surface area contributed by atoms with Crippen molar-refractivity contribution in [3.8, 4) is 5.75 Å². The largest absolute Gasteiger partial charge is 0.507 e. The van der Waals surface area contributed by atoms with Gasteiger partial charge in [0.15, 0.2) is 23.5 Å². The zero-order chi connectivity index (χ0) is 25.8. The maximum atomic E-state index is 13.9. The fourth-order valence-electron chi connectivity index (χ4n) is 4.16. The number of benzene rings is 1. The molecule has 16 heteroatoms. The first-order chi connectivity index (χ1) is 17.0. The van der Waals surface area contributed by atoms with Crippen LogP contribution >= 0.6 is 0 Å². The number of aromatic hydroxyl groups is 1. The van der Waals surface area contributed by atoms with Crippen molar-refractivity contribution >= 4 is 33.2 Å². The van der Waals surface area contributed by atoms with E-state index in [1.54, 1.807) is 23.1 Å². The summed E-state index contributed by atoms with van der Waals surface area (Å²) in [5.41, 5.74) is 5.73. The predicted octanol–water partition coefficient (Wildman–Crippen LogP) is 0.362. The first kappa shape index (κ1) is 24.3. The zero-order valence-electron chi connectivity index (χ0n) is 18.9. The van der Waals surface area contributed by atoms with E-state index in [0.29, 0.717) is 11.2 Å². The molecular weight excluding hydrogens is 503 g/mol. The van der Waals surface area contributed by atoms with Crippen LogP contribution < -0.4 is 10.5 Å². The fraction of sp³-hybridized carbons (Fsp3) is 0.400. The van der Waals surface area contributed by atoms with Gasteiger partial charge in [-0.2, -0.15) is 8.42 Å². The molecule has 2 aromatic heterocycles. The summed E-state index contributed by atoms with van der Waals surface area (Å²) in [6.45, 7) is 2.79. The van der Waals surface area contributed by atoms with Gasteiger partial charge in [-0.25, -0.2) is 24.1 Å². The Morgan fingerprint density at radius 1 is 1.28 bits per heavy atom. The van der Waals surface area contributed by atoms with Crippen molar-refractivity contribution in [1.29, 1.82) is 0 Å². The summed E-state index contributed by atoms with van der Waals surface area (Å²) in [4.78, 5) is 24.5. The third-order valence-corrected chi connectivity index (χ3v) is 6.49. The van der Waals surface area contributed by atoms with Crippen molar-refractivity contribution in [1.82, 2.24) is 24.2 Å². The van der Waals surface area contributed by atoms with Crippen molar-refractivity contribution in [2.45, 2.75) is 44.2 Å². The number of phenols is 1. The molecule has 2 fully saturated rings. The summed E-state index contributed by atoms with van der Waals surface area (Å²) in [7, 11) is -4.73. The molecule has 2 saturated heterocycles. The van der Waals surface area contributed by atoms with Crippen LogP contribution in [0.4, 0.5) is 10.2 Å². The van der Waals surface area contributed by atoms with E-state index in [1.165, 1.54) is 12.7 Å². The van der Waals surface area contributed by atoms with E-state index in [0.717, 1.165) is 18.2 Å². The average molecular weight is 524 g/mol. The van der Waals surface area contributed by atoms with Gasteiger partial charge in [0.25, 0.3) is 5.91 Å². The lowest BCUT2D eigenvalue weighted by molar-refractivity contribution is -0.198. The number of anilines is 1. The number of carbonyl (C=O) groups excluding carboxylic acids is 1. The lowest BCUT2D eigenvalue weighted by atomic mass is 10.1. The van der Waals surface area contributed by atoms with Crippen molar-refractivity contribution in [2.24, 2.45) is 0 Å². The minimum Gasteiger partial charge on any atom is -0.507 e. The SMILES string of the molecule is CC1(C)O[C@@H]2[C@H](O1)[C@@H](COS(=O)(=O)NC(=O)c1c(O)cccc1F)O[C@H]2n1cnc2c(N)ncnc21. The molecule has 4 N–H and O–H groups in total. The average Bonchev–Trinajstić information content (AvgIpc) is 3.43. The summed E-state index contributed by atoms with van der Waals surface area (Å²) in [5, 5.41) is 9.71. The lowest BCUT2D eigenvalue weighted by Crippen LogP contribution is -2.38. The number of imidazole rings is 1. The van der Waals surface area contributed by atoms with Gasteiger partial charge in [0.05, 0.1) is 12.9 Å². The number of rotatable bonds is 6. The van der Waals surface area contributed by atoms with Gasteiger partial charge in [-0.3, -0.25) is 13.5 Å². The minimum absolute atomic E-state index is 0.167. The van der Waals surface area contributed by atoms with E-state index in [4.69, 9.17) is 24.1 Å². The molecule has 1 aromatic carbocycles. The Bertz CT molecular complexity index is 1430. The Hall–Kier alpha value is -3.44. The third-order valence-electron chi connectivity index (χ3n) is 5.61. The van der Waals surface area contributed by atoms with Crippen molar-refractivity contribution in [2.75, 3.05) is 12.3 Å². The molecule has 36 heavy (non-hydrogen) atoms. The normalized spacial score (nSPS) is 25.2. The number of nitrogens with one attached hydrogen (secondary N) is 1. The summed E-state index contributed by atoms with van der Waals surface area (Å²) in [6, 6.07) is 3.09. The van der Waals surface area contributed by atoms with Crippen molar-refractivity contribution in [3.05, 3.63) is 42.2 Å². The smallest absolute Gasteiger partial charge is 0.362 e. The summed E-state index contributed by atoms with van der Waals surface area (Å²) in [6.07, 6.45) is -0.559. The molecule has 5 rings (SSSR count). The molecular formula is C20H21FN6O8S. The molecule has 2 aliphatic rings. The maximum Gasteiger partial charge on any atom is 0.362 e. The molecule has 0 bridgehead atoms. The number of aromatic nitrogens is 4. The Labute approximate surface area is 203 Å². The molecule has 4 heterocycles. The second kappa shape index (κ2) is 8.59. The Morgan fingerprint density at radius 3 is 2.78 bits per heavy atom. The van der Waals surface area contributed by atoms with Crippen LogP contribution in [0.3, 0.4) is 0 Å². The molecule has 14 nitrogen and oxygen atoms in total. The van der Waals surface area contributed by atoms with Crippen LogP contribution in [-0.2, 0) is 28.7 Å². The number of amides is 1. The molecule has 0 saturated carbocycles. The van der Waals surface area contributed by atoms with Gasteiger partial charge in [0.1, 0.15) is 47.3 Å². The first-order valence-corrected chi connectivity index (χ1v) is 12.0. The van der Waals surface area contributed by atoms with Gasteiger partial charge in [-0.1, -0.05) is 6.07 Å². The van der Waals surface area contributed by atoms with Crippen LogP contribution in [0.5, 0.6) is 5.75 Å². The number of ether oxygens (including phenoxy) is 3. The van der Waals surface area contributed by atoms with Gasteiger partial charge in [0, 0.05) is 0 Å². The molecule has 0 radical (unpaired) electrons. The minimum atomic E-state index is -4.73. The Balaban J connectivity index is 1.34. The van der Waals surface area contributed by atoms with Crippen LogP contribution in [0.25, 0.3) is 11.2 Å². The lowest BCUT2D eigenvalue weighted by Gasteiger charge is -2.24. The molecule has 3 aromatic rings. The molecule has 0 spiro atoms. The molecule has 0 unspecified atom stereocenters. The number of nitrogens with zero attached hydrogens (tertiary/aromatic N) is 4. The van der Waals surface area contributed by atoms with E-state index in [9.17, 15) is 22.7 Å². The van der Waals surface area contributed by atoms with Crippen LogP contribution in [0.1, 0.15) is 30.4 Å². The van der Waals surface area contributed by atoms with Crippen LogP contribution in [0.15, 0.2) is 30.9 Å². The Kier molecular flexibility index (Phi) is 5.79. The number of nitrogens with two attached hydrogens (primary N) is 1.